The lowest BCUT2D eigenvalue weighted by molar-refractivity contribution is -0.339. The Hall–Kier alpha value is -3.36. The van der Waals surface area contributed by atoms with E-state index in [1.165, 1.54) is 14.0 Å². The third-order valence-electron chi connectivity index (χ3n) is 10.3. The molecule has 3 rings (SSSR count). The number of carbonyl (C=O) groups excluding carboxylic acids is 1. The fraction of sp³-hybridized carbons (Fsp3) is 0.571. The Balaban J connectivity index is 1.95. The van der Waals surface area contributed by atoms with Gasteiger partial charge in [0.25, 0.3) is 0 Å². The highest BCUT2D eigenvalue weighted by molar-refractivity contribution is 6.74. The molecule has 1 aliphatic heterocycles. The van der Waals surface area contributed by atoms with Crippen molar-refractivity contribution in [2.24, 2.45) is 5.41 Å². The topological polar surface area (TPSA) is 128 Å². The molecule has 0 aliphatic carbocycles. The summed E-state index contributed by atoms with van der Waals surface area (Å²) in [5, 5.41) is 10.0. The Morgan fingerprint density at radius 2 is 1.63 bits per heavy atom. The summed E-state index contributed by atoms with van der Waals surface area (Å²) in [4.78, 5) is 24.8. The maximum absolute atomic E-state index is 12.6. The second-order valence-electron chi connectivity index (χ2n) is 15.8. The molecule has 0 spiro atoms. The van der Waals surface area contributed by atoms with Crippen molar-refractivity contribution in [3.05, 3.63) is 89.5 Å². The number of carboxylic acids is 1. The molecule has 1 N–H and O–H groups in total. The Morgan fingerprint density at radius 1 is 0.981 bits per heavy atom. The van der Waals surface area contributed by atoms with Crippen LogP contribution in [0.1, 0.15) is 72.4 Å². The first-order chi connectivity index (χ1) is 25.3. The molecule has 11 nitrogen and oxygen atoms in total. The molecule has 0 bridgehead atoms. The van der Waals surface area contributed by atoms with Gasteiger partial charge in [-0.25, -0.2) is 4.79 Å². The van der Waals surface area contributed by atoms with Gasteiger partial charge in [0, 0.05) is 31.9 Å². The van der Waals surface area contributed by atoms with Crippen LogP contribution in [0.4, 0.5) is 0 Å². The summed E-state index contributed by atoms with van der Waals surface area (Å²) in [6.07, 6.45) is 2.59. The van der Waals surface area contributed by atoms with Crippen LogP contribution in [0.3, 0.4) is 0 Å². The number of rotatable bonds is 20. The maximum atomic E-state index is 12.6. The van der Waals surface area contributed by atoms with E-state index in [4.69, 9.17) is 37.6 Å². The van der Waals surface area contributed by atoms with Gasteiger partial charge in [-0.15, -0.1) is 0 Å². The predicted molar refractivity (Wildman–Crippen MR) is 209 cm³/mol. The minimum Gasteiger partial charge on any atom is -0.497 e. The lowest BCUT2D eigenvalue weighted by Crippen LogP contribution is -2.63. The fourth-order valence-electron chi connectivity index (χ4n) is 6.12. The van der Waals surface area contributed by atoms with Gasteiger partial charge in [0.15, 0.2) is 14.4 Å². The number of hydrogen-bond donors (Lipinski definition) is 1. The molecular weight excluding hydrogens is 709 g/mol. The minimum absolute atomic E-state index is 0.0272. The average Bonchev–Trinajstić information content (AvgIpc) is 3.11. The van der Waals surface area contributed by atoms with Crippen molar-refractivity contribution < 1.29 is 52.3 Å². The van der Waals surface area contributed by atoms with E-state index in [1.807, 2.05) is 87.5 Å². The Morgan fingerprint density at radius 3 is 2.20 bits per heavy atom. The molecule has 1 fully saturated rings. The van der Waals surface area contributed by atoms with Gasteiger partial charge in [-0.3, -0.25) is 4.79 Å². The monoisotopic (exact) mass is 770 g/mol. The number of benzene rings is 2. The number of hydrogen-bond acceptors (Lipinski definition) is 10. The molecule has 0 saturated carbocycles. The summed E-state index contributed by atoms with van der Waals surface area (Å²) in [5.41, 5.74) is 1.35. The lowest BCUT2D eigenvalue weighted by atomic mass is 9.74. The molecule has 0 radical (unpaired) electrons. The van der Waals surface area contributed by atoms with E-state index in [1.54, 1.807) is 7.11 Å². The zero-order valence-corrected chi connectivity index (χ0v) is 35.0. The maximum Gasteiger partial charge on any atom is 0.328 e. The first kappa shape index (κ1) is 45.0. The van der Waals surface area contributed by atoms with Gasteiger partial charge in [0.05, 0.1) is 45.2 Å². The molecule has 0 unspecified atom stereocenters. The predicted octanol–water partition coefficient (Wildman–Crippen LogP) is 8.23. The van der Waals surface area contributed by atoms with Crippen LogP contribution < -0.4 is 4.74 Å². The van der Waals surface area contributed by atoms with Crippen LogP contribution in [0, 0.1) is 5.41 Å². The molecule has 2 aromatic rings. The third-order valence-corrected chi connectivity index (χ3v) is 14.8. The van der Waals surface area contributed by atoms with Crippen molar-refractivity contribution >= 4 is 20.3 Å². The molecule has 1 saturated heterocycles. The van der Waals surface area contributed by atoms with Gasteiger partial charge in [0.1, 0.15) is 12.5 Å². The Kier molecular flexibility index (Phi) is 16.7. The quantitative estimate of drug-likeness (QED) is 0.0349. The molecule has 0 aromatic heterocycles. The van der Waals surface area contributed by atoms with Gasteiger partial charge in [-0.2, -0.15) is 0 Å². The number of ether oxygens (including phenoxy) is 7. The van der Waals surface area contributed by atoms with Gasteiger partial charge in [-0.1, -0.05) is 89.2 Å². The van der Waals surface area contributed by atoms with E-state index < -0.39 is 55.9 Å². The molecule has 2 aromatic carbocycles. The normalized spacial score (nSPS) is 21.6. The second kappa shape index (κ2) is 20.0. The van der Waals surface area contributed by atoms with Gasteiger partial charge < -0.3 is 42.7 Å². The Labute approximate surface area is 323 Å². The molecule has 300 valence electrons. The molecule has 1 aliphatic rings. The number of methoxy groups -OCH3 is 2. The summed E-state index contributed by atoms with van der Waals surface area (Å²) in [7, 11) is 1.06. The lowest BCUT2D eigenvalue weighted by Gasteiger charge is -2.53. The van der Waals surface area contributed by atoms with E-state index in [0.29, 0.717) is 25.2 Å². The SMILES string of the molecule is COc1ccc(CO[C@H](C[C@@H]2CC(=CC(=O)O)[C@H](OC(C)=O)[C@](OC)(C(C)(C)C=CCO[Si](C)(C)C(C)(C)C)O2)[C@@H](C)OCOCc2ccccc2)cc1. The summed E-state index contributed by atoms with van der Waals surface area (Å²) in [6.45, 7) is 19.0. The van der Waals surface area contributed by atoms with Crippen LogP contribution in [0.5, 0.6) is 5.75 Å². The standard InChI is InChI=1S/C42H62O11Si/c1-30(50-29-48-27-32-16-13-12-14-17-32)37(49-28-33-18-20-35(46-8)21-19-33)26-36-24-34(25-38(44)45)39(52-31(2)43)42(47-9,53-36)41(6,7)22-15-23-51-54(10,11)40(3,4)5/h12-22,25,30,36-37,39H,23-24,26-29H2,1-11H3,(H,44,45)/t30-,36+,37-,39+,42-/m1/s1. The Bertz CT molecular complexity index is 1530. The molecule has 12 heteroatoms. The zero-order chi connectivity index (χ0) is 40.2. The van der Waals surface area contributed by atoms with Crippen LogP contribution in [-0.4, -0.2) is 83.2 Å². The van der Waals surface area contributed by atoms with Crippen LogP contribution in [-0.2, 0) is 55.7 Å². The number of carbonyl (C=O) groups is 2. The third kappa shape index (κ3) is 12.6. The molecule has 0 amide bonds. The molecule has 54 heavy (non-hydrogen) atoms. The van der Waals surface area contributed by atoms with E-state index in [0.717, 1.165) is 23.0 Å². The smallest absolute Gasteiger partial charge is 0.328 e. The largest absolute Gasteiger partial charge is 0.497 e. The van der Waals surface area contributed by atoms with Crippen molar-refractivity contribution in [3.63, 3.8) is 0 Å². The van der Waals surface area contributed by atoms with Crippen LogP contribution in [0.25, 0.3) is 0 Å². The number of aliphatic carboxylic acids is 1. The van der Waals surface area contributed by atoms with Crippen molar-refractivity contribution in [1.82, 2.24) is 0 Å². The van der Waals surface area contributed by atoms with Gasteiger partial charge in [-0.05, 0) is 60.3 Å². The number of carboxylic acid groups (broad SMARTS) is 1. The van der Waals surface area contributed by atoms with Crippen LogP contribution in [0.2, 0.25) is 18.1 Å². The minimum atomic E-state index is -2.04. The molecule has 1 heterocycles. The van der Waals surface area contributed by atoms with Gasteiger partial charge in [0.2, 0.25) is 5.79 Å². The molecular formula is C42H62O11Si. The highest BCUT2D eigenvalue weighted by atomic mass is 28.4. The highest BCUT2D eigenvalue weighted by Gasteiger charge is 2.59. The first-order valence-electron chi connectivity index (χ1n) is 18.5. The summed E-state index contributed by atoms with van der Waals surface area (Å²) in [5.74, 6) is -2.67. The summed E-state index contributed by atoms with van der Waals surface area (Å²) in [6, 6.07) is 17.4. The van der Waals surface area contributed by atoms with E-state index >= 15 is 0 Å². The zero-order valence-electron chi connectivity index (χ0n) is 34.0. The van der Waals surface area contributed by atoms with Crippen molar-refractivity contribution in [1.29, 1.82) is 0 Å². The summed E-state index contributed by atoms with van der Waals surface area (Å²) < 4.78 is 49.3. The van der Waals surface area contributed by atoms with Crippen LogP contribution in [0.15, 0.2) is 78.4 Å². The molecule has 5 atom stereocenters. The van der Waals surface area contributed by atoms with E-state index in [9.17, 15) is 14.7 Å². The van der Waals surface area contributed by atoms with Crippen LogP contribution >= 0.6 is 0 Å². The average molecular weight is 771 g/mol. The van der Waals surface area contributed by atoms with Crippen molar-refractivity contribution in [3.8, 4) is 5.75 Å². The van der Waals surface area contributed by atoms with Crippen molar-refractivity contribution in [2.45, 2.75) is 123 Å². The van der Waals surface area contributed by atoms with E-state index in [-0.39, 0.29) is 24.9 Å². The summed E-state index contributed by atoms with van der Waals surface area (Å²) >= 11 is 0. The highest BCUT2D eigenvalue weighted by Crippen LogP contribution is 2.49. The van der Waals surface area contributed by atoms with E-state index in [2.05, 4.69) is 33.9 Å². The second-order valence-corrected chi connectivity index (χ2v) is 20.6. The van der Waals surface area contributed by atoms with Crippen molar-refractivity contribution in [2.75, 3.05) is 27.6 Å². The first-order valence-corrected chi connectivity index (χ1v) is 21.4. The van der Waals surface area contributed by atoms with Gasteiger partial charge >= 0.3 is 11.9 Å². The fourth-order valence-corrected chi connectivity index (χ4v) is 7.07. The number of esters is 1.